The smallest absolute Gasteiger partial charge is 0.119 e. The lowest BCUT2D eigenvalue weighted by Gasteiger charge is -2.32. The van der Waals surface area contributed by atoms with Crippen LogP contribution >= 0.6 is 0 Å². The van der Waals surface area contributed by atoms with Gasteiger partial charge >= 0.3 is 0 Å². The Bertz CT molecular complexity index is 615. The molecule has 3 rings (SSSR count). The van der Waals surface area contributed by atoms with Gasteiger partial charge in [-0.25, -0.2) is 0 Å². The first-order valence-electron chi connectivity index (χ1n) is 8.84. The second-order valence-electron chi connectivity index (χ2n) is 6.52. The van der Waals surface area contributed by atoms with E-state index in [2.05, 4.69) is 41.7 Å². The van der Waals surface area contributed by atoms with E-state index in [1.807, 2.05) is 12.1 Å². The minimum atomic E-state index is 0.338. The van der Waals surface area contributed by atoms with Crippen molar-refractivity contribution < 1.29 is 9.47 Å². The van der Waals surface area contributed by atoms with Crippen LogP contribution in [-0.2, 0) is 0 Å². The molecule has 1 atom stereocenters. The monoisotopic (exact) mass is 325 g/mol. The second kappa shape index (κ2) is 8.09. The lowest BCUT2D eigenvalue weighted by atomic mass is 9.81. The molecule has 0 saturated heterocycles. The average molecular weight is 325 g/mol. The number of anilines is 1. The van der Waals surface area contributed by atoms with Crippen LogP contribution in [0.25, 0.3) is 0 Å². The molecule has 0 aromatic heterocycles. The first-order chi connectivity index (χ1) is 11.8. The van der Waals surface area contributed by atoms with Crippen molar-refractivity contribution in [1.82, 2.24) is 0 Å². The van der Waals surface area contributed by atoms with Gasteiger partial charge in [-0.1, -0.05) is 31.4 Å². The number of methoxy groups -OCH3 is 2. The third-order valence-electron chi connectivity index (χ3n) is 5.01. The standard InChI is InChI=1S/C21H27NO2/c1-23-19-12-8-17(9-13-19)21(16-6-4-3-5-7-16)22-18-10-14-20(24-2)15-11-18/h8-16,21-22H,3-7H2,1-2H3. The normalized spacial score (nSPS) is 16.4. The van der Waals surface area contributed by atoms with Gasteiger partial charge in [0.15, 0.2) is 0 Å². The minimum Gasteiger partial charge on any atom is -0.497 e. The Hall–Kier alpha value is -2.16. The van der Waals surface area contributed by atoms with Crippen molar-refractivity contribution in [3.8, 4) is 11.5 Å². The van der Waals surface area contributed by atoms with E-state index in [0.29, 0.717) is 12.0 Å². The van der Waals surface area contributed by atoms with E-state index in [1.165, 1.54) is 37.7 Å². The molecule has 0 spiro atoms. The van der Waals surface area contributed by atoms with Crippen LogP contribution in [0.4, 0.5) is 5.69 Å². The van der Waals surface area contributed by atoms with Crippen LogP contribution in [0.3, 0.4) is 0 Å². The largest absolute Gasteiger partial charge is 0.497 e. The van der Waals surface area contributed by atoms with Crippen LogP contribution in [0.1, 0.15) is 43.7 Å². The number of rotatable bonds is 6. The van der Waals surface area contributed by atoms with E-state index in [0.717, 1.165) is 17.2 Å². The molecule has 0 bridgehead atoms. The van der Waals surface area contributed by atoms with Crippen molar-refractivity contribution in [2.24, 2.45) is 5.92 Å². The van der Waals surface area contributed by atoms with Crippen molar-refractivity contribution in [3.63, 3.8) is 0 Å². The highest BCUT2D eigenvalue weighted by Gasteiger charge is 2.25. The average Bonchev–Trinajstić information content (AvgIpc) is 2.67. The maximum atomic E-state index is 5.30. The summed E-state index contributed by atoms with van der Waals surface area (Å²) in [5.41, 5.74) is 2.47. The van der Waals surface area contributed by atoms with Gasteiger partial charge in [-0.3, -0.25) is 0 Å². The summed E-state index contributed by atoms with van der Waals surface area (Å²) in [6, 6.07) is 17.0. The third-order valence-corrected chi connectivity index (χ3v) is 5.01. The summed E-state index contributed by atoms with van der Waals surface area (Å²) >= 11 is 0. The number of ether oxygens (including phenoxy) is 2. The van der Waals surface area contributed by atoms with Crippen molar-refractivity contribution >= 4 is 5.69 Å². The Labute approximate surface area is 145 Å². The predicted octanol–water partition coefficient (Wildman–Crippen LogP) is 5.44. The van der Waals surface area contributed by atoms with E-state index in [4.69, 9.17) is 9.47 Å². The molecule has 1 N–H and O–H groups in total. The van der Waals surface area contributed by atoms with Gasteiger partial charge in [0.05, 0.1) is 20.3 Å². The van der Waals surface area contributed by atoms with Crippen LogP contribution in [0.15, 0.2) is 48.5 Å². The summed E-state index contributed by atoms with van der Waals surface area (Å²) in [7, 11) is 3.41. The van der Waals surface area contributed by atoms with Gasteiger partial charge in [0.2, 0.25) is 0 Å². The summed E-state index contributed by atoms with van der Waals surface area (Å²) in [4.78, 5) is 0. The SMILES string of the molecule is COc1ccc(NC(c2ccc(OC)cc2)C2CCCCC2)cc1. The molecular weight excluding hydrogens is 298 g/mol. The molecule has 2 aromatic carbocycles. The highest BCUT2D eigenvalue weighted by Crippen LogP contribution is 2.37. The molecule has 1 aliphatic carbocycles. The number of nitrogens with one attached hydrogen (secondary N) is 1. The second-order valence-corrected chi connectivity index (χ2v) is 6.52. The van der Waals surface area contributed by atoms with Gasteiger partial charge in [0.25, 0.3) is 0 Å². The summed E-state index contributed by atoms with van der Waals surface area (Å²) in [5, 5.41) is 3.76. The quantitative estimate of drug-likeness (QED) is 0.767. The number of benzene rings is 2. The van der Waals surface area contributed by atoms with Crippen molar-refractivity contribution in [2.45, 2.75) is 38.1 Å². The fourth-order valence-corrected chi connectivity index (χ4v) is 3.62. The van der Waals surface area contributed by atoms with Crippen LogP contribution in [0, 0.1) is 5.92 Å². The number of hydrogen-bond donors (Lipinski definition) is 1. The molecule has 1 saturated carbocycles. The van der Waals surface area contributed by atoms with Crippen LogP contribution in [-0.4, -0.2) is 14.2 Å². The first kappa shape index (κ1) is 16.7. The van der Waals surface area contributed by atoms with Gasteiger partial charge < -0.3 is 14.8 Å². The highest BCUT2D eigenvalue weighted by atomic mass is 16.5. The molecular formula is C21H27NO2. The van der Waals surface area contributed by atoms with E-state index in [9.17, 15) is 0 Å². The Balaban J connectivity index is 1.82. The molecule has 0 amide bonds. The molecule has 0 aliphatic heterocycles. The van der Waals surface area contributed by atoms with Gasteiger partial charge in [0.1, 0.15) is 11.5 Å². The van der Waals surface area contributed by atoms with Crippen LogP contribution in [0.2, 0.25) is 0 Å². The lowest BCUT2D eigenvalue weighted by molar-refractivity contribution is 0.320. The summed E-state index contributed by atoms with van der Waals surface area (Å²) in [6.45, 7) is 0. The molecule has 1 fully saturated rings. The zero-order valence-electron chi connectivity index (χ0n) is 14.6. The third kappa shape index (κ3) is 4.02. The maximum Gasteiger partial charge on any atom is 0.119 e. The van der Waals surface area contributed by atoms with Crippen LogP contribution < -0.4 is 14.8 Å². The molecule has 128 valence electrons. The fourth-order valence-electron chi connectivity index (χ4n) is 3.62. The van der Waals surface area contributed by atoms with E-state index in [1.54, 1.807) is 14.2 Å². The van der Waals surface area contributed by atoms with Gasteiger partial charge in [0, 0.05) is 5.69 Å². The highest BCUT2D eigenvalue weighted by molar-refractivity contribution is 5.49. The summed E-state index contributed by atoms with van der Waals surface area (Å²) < 4.78 is 10.6. The molecule has 2 aromatic rings. The Kier molecular flexibility index (Phi) is 5.63. The molecule has 24 heavy (non-hydrogen) atoms. The maximum absolute atomic E-state index is 5.30. The summed E-state index contributed by atoms with van der Waals surface area (Å²) in [5.74, 6) is 2.47. The van der Waals surface area contributed by atoms with E-state index >= 15 is 0 Å². The Morgan fingerprint density at radius 3 is 1.88 bits per heavy atom. The molecule has 3 nitrogen and oxygen atoms in total. The first-order valence-corrected chi connectivity index (χ1v) is 8.84. The minimum absolute atomic E-state index is 0.338. The van der Waals surface area contributed by atoms with Crippen molar-refractivity contribution in [1.29, 1.82) is 0 Å². The zero-order valence-corrected chi connectivity index (χ0v) is 14.6. The predicted molar refractivity (Wildman–Crippen MR) is 98.9 cm³/mol. The molecule has 1 aliphatic rings. The molecule has 3 heteroatoms. The van der Waals surface area contributed by atoms with E-state index < -0.39 is 0 Å². The van der Waals surface area contributed by atoms with E-state index in [-0.39, 0.29) is 0 Å². The number of hydrogen-bond acceptors (Lipinski definition) is 3. The van der Waals surface area contributed by atoms with Gasteiger partial charge in [-0.05, 0) is 60.7 Å². The zero-order chi connectivity index (χ0) is 16.8. The van der Waals surface area contributed by atoms with Gasteiger partial charge in [-0.2, -0.15) is 0 Å². The van der Waals surface area contributed by atoms with Crippen molar-refractivity contribution in [2.75, 3.05) is 19.5 Å². The summed E-state index contributed by atoms with van der Waals surface area (Å²) in [6.07, 6.45) is 6.62. The van der Waals surface area contributed by atoms with Crippen LogP contribution in [0.5, 0.6) is 11.5 Å². The molecule has 0 radical (unpaired) electrons. The van der Waals surface area contributed by atoms with Crippen molar-refractivity contribution in [3.05, 3.63) is 54.1 Å². The molecule has 0 heterocycles. The topological polar surface area (TPSA) is 30.5 Å². The lowest BCUT2D eigenvalue weighted by Crippen LogP contribution is -2.23. The Morgan fingerprint density at radius 1 is 0.792 bits per heavy atom. The Morgan fingerprint density at radius 2 is 1.33 bits per heavy atom. The molecule has 1 unspecified atom stereocenters. The van der Waals surface area contributed by atoms with Gasteiger partial charge in [-0.15, -0.1) is 0 Å². The fraction of sp³-hybridized carbons (Fsp3) is 0.429.